The third-order valence-corrected chi connectivity index (χ3v) is 4.31. The van der Waals surface area contributed by atoms with Crippen LogP contribution in [0.25, 0.3) is 0 Å². The smallest absolute Gasteiger partial charge is 0.330 e. The molecule has 1 saturated heterocycles. The number of nitrogens with two attached hydrogens (primary N) is 1. The molecule has 1 aromatic carbocycles. The molecule has 0 aliphatic carbocycles. The van der Waals surface area contributed by atoms with Gasteiger partial charge in [0, 0.05) is 31.7 Å². The molecular formula is C16H24F3N3. The lowest BCUT2D eigenvalue weighted by atomic mass is 9.99. The van der Waals surface area contributed by atoms with Crippen LogP contribution in [0, 0.1) is 0 Å². The molecule has 0 aromatic heterocycles. The summed E-state index contributed by atoms with van der Waals surface area (Å²) in [7, 11) is 0. The first-order chi connectivity index (χ1) is 10.5. The largest absolute Gasteiger partial charge is 0.416 e. The van der Waals surface area contributed by atoms with Crippen molar-refractivity contribution in [3.05, 3.63) is 35.4 Å². The molecule has 2 atom stereocenters. The second kappa shape index (κ2) is 7.44. The Labute approximate surface area is 129 Å². The molecule has 1 aliphatic rings. The van der Waals surface area contributed by atoms with Crippen molar-refractivity contribution in [3.8, 4) is 0 Å². The Bertz CT molecular complexity index is 476. The van der Waals surface area contributed by atoms with Gasteiger partial charge in [0.1, 0.15) is 0 Å². The summed E-state index contributed by atoms with van der Waals surface area (Å²) in [6.45, 7) is 5.17. The van der Waals surface area contributed by atoms with Crippen LogP contribution in [0.1, 0.15) is 36.9 Å². The van der Waals surface area contributed by atoms with Crippen molar-refractivity contribution >= 4 is 0 Å². The van der Waals surface area contributed by atoms with E-state index in [9.17, 15) is 13.2 Å². The van der Waals surface area contributed by atoms with Gasteiger partial charge in [0.25, 0.3) is 0 Å². The molecule has 2 rings (SSSR count). The number of alkyl halides is 3. The molecule has 0 radical (unpaired) electrons. The van der Waals surface area contributed by atoms with E-state index in [1.807, 2.05) is 0 Å². The van der Waals surface area contributed by atoms with Gasteiger partial charge >= 0.3 is 6.18 Å². The average Bonchev–Trinajstić information content (AvgIpc) is 2.52. The monoisotopic (exact) mass is 315 g/mol. The van der Waals surface area contributed by atoms with Crippen LogP contribution in [0.2, 0.25) is 0 Å². The molecule has 1 aliphatic heterocycles. The molecule has 124 valence electrons. The summed E-state index contributed by atoms with van der Waals surface area (Å²) in [5, 5.41) is 3.32. The first kappa shape index (κ1) is 17.2. The van der Waals surface area contributed by atoms with Crippen molar-refractivity contribution in [2.24, 2.45) is 5.73 Å². The highest BCUT2D eigenvalue weighted by Gasteiger charge is 2.32. The lowest BCUT2D eigenvalue weighted by Gasteiger charge is -2.39. The van der Waals surface area contributed by atoms with E-state index in [2.05, 4.69) is 17.1 Å². The third-order valence-electron chi connectivity index (χ3n) is 4.31. The average molecular weight is 315 g/mol. The number of rotatable bonds is 5. The van der Waals surface area contributed by atoms with Gasteiger partial charge in [-0.05, 0) is 37.1 Å². The van der Waals surface area contributed by atoms with Crippen molar-refractivity contribution in [2.45, 2.75) is 38.0 Å². The van der Waals surface area contributed by atoms with Crippen LogP contribution in [0.15, 0.2) is 24.3 Å². The summed E-state index contributed by atoms with van der Waals surface area (Å²) in [4.78, 5) is 2.34. The summed E-state index contributed by atoms with van der Waals surface area (Å²) in [6, 6.07) is 5.96. The van der Waals surface area contributed by atoms with Crippen LogP contribution in [-0.4, -0.2) is 37.1 Å². The van der Waals surface area contributed by atoms with E-state index in [0.29, 0.717) is 18.2 Å². The van der Waals surface area contributed by atoms with Crippen LogP contribution >= 0.6 is 0 Å². The normalized spacial score (nSPS) is 21.8. The summed E-state index contributed by atoms with van der Waals surface area (Å²) in [6.07, 6.45) is -2.37. The van der Waals surface area contributed by atoms with E-state index in [0.717, 1.165) is 38.5 Å². The second-order valence-electron chi connectivity index (χ2n) is 5.76. The van der Waals surface area contributed by atoms with Crippen molar-refractivity contribution in [3.63, 3.8) is 0 Å². The number of benzene rings is 1. The van der Waals surface area contributed by atoms with Crippen LogP contribution in [-0.2, 0) is 6.18 Å². The Kier molecular flexibility index (Phi) is 5.83. The molecule has 6 heteroatoms. The zero-order valence-corrected chi connectivity index (χ0v) is 12.9. The lowest BCUT2D eigenvalue weighted by molar-refractivity contribution is -0.137. The summed E-state index contributed by atoms with van der Waals surface area (Å²) >= 11 is 0. The number of nitrogens with one attached hydrogen (secondary N) is 1. The quantitative estimate of drug-likeness (QED) is 0.878. The maximum Gasteiger partial charge on any atom is 0.416 e. The fourth-order valence-electron chi connectivity index (χ4n) is 3.10. The van der Waals surface area contributed by atoms with Crippen molar-refractivity contribution in [1.82, 2.24) is 10.2 Å². The first-order valence-corrected chi connectivity index (χ1v) is 7.80. The number of halogens is 3. The zero-order chi connectivity index (χ0) is 16.2. The maximum atomic E-state index is 12.9. The fraction of sp³-hybridized carbons (Fsp3) is 0.625. The van der Waals surface area contributed by atoms with Crippen molar-refractivity contribution < 1.29 is 13.2 Å². The SMILES string of the molecule is CCC(CCN)N1CCNC(c2cccc(C(F)(F)F)c2)C1. The highest BCUT2D eigenvalue weighted by atomic mass is 19.4. The molecular weight excluding hydrogens is 291 g/mol. The molecule has 3 N–H and O–H groups in total. The van der Waals surface area contributed by atoms with E-state index >= 15 is 0 Å². The molecule has 1 heterocycles. The van der Waals surface area contributed by atoms with Gasteiger partial charge in [-0.1, -0.05) is 19.1 Å². The van der Waals surface area contributed by atoms with Gasteiger partial charge in [-0.25, -0.2) is 0 Å². The molecule has 1 fully saturated rings. The minimum Gasteiger partial charge on any atom is -0.330 e. The van der Waals surface area contributed by atoms with E-state index in [-0.39, 0.29) is 6.04 Å². The van der Waals surface area contributed by atoms with Gasteiger partial charge in [0.15, 0.2) is 0 Å². The zero-order valence-electron chi connectivity index (χ0n) is 12.9. The van der Waals surface area contributed by atoms with Gasteiger partial charge in [0.2, 0.25) is 0 Å². The van der Waals surface area contributed by atoms with Crippen LogP contribution in [0.3, 0.4) is 0 Å². The van der Waals surface area contributed by atoms with Gasteiger partial charge in [0.05, 0.1) is 5.56 Å². The fourth-order valence-corrected chi connectivity index (χ4v) is 3.10. The van der Waals surface area contributed by atoms with Gasteiger partial charge in [-0.2, -0.15) is 13.2 Å². The van der Waals surface area contributed by atoms with E-state index in [1.165, 1.54) is 12.1 Å². The summed E-state index contributed by atoms with van der Waals surface area (Å²) < 4.78 is 38.6. The van der Waals surface area contributed by atoms with Gasteiger partial charge in [-0.15, -0.1) is 0 Å². The summed E-state index contributed by atoms with van der Waals surface area (Å²) in [5.41, 5.74) is 5.77. The molecule has 0 bridgehead atoms. The molecule has 0 spiro atoms. The third kappa shape index (κ3) is 4.21. The highest BCUT2D eigenvalue weighted by Crippen LogP contribution is 2.31. The topological polar surface area (TPSA) is 41.3 Å². The number of piperazine rings is 1. The molecule has 0 saturated carbocycles. The van der Waals surface area contributed by atoms with Crippen LogP contribution < -0.4 is 11.1 Å². The Balaban J connectivity index is 2.12. The van der Waals surface area contributed by atoms with E-state index in [1.54, 1.807) is 6.07 Å². The Hall–Kier alpha value is -1.11. The molecule has 2 unspecified atom stereocenters. The van der Waals surface area contributed by atoms with E-state index < -0.39 is 11.7 Å². The molecule has 22 heavy (non-hydrogen) atoms. The standard InChI is InChI=1S/C16H24F3N3/c1-2-14(6-7-20)22-9-8-21-15(11-22)12-4-3-5-13(10-12)16(17,18)19/h3-5,10,14-15,21H,2,6-9,11,20H2,1H3. The van der Waals surface area contributed by atoms with Crippen LogP contribution in [0.4, 0.5) is 13.2 Å². The van der Waals surface area contributed by atoms with Crippen molar-refractivity contribution in [2.75, 3.05) is 26.2 Å². The number of hydrogen-bond donors (Lipinski definition) is 2. The number of hydrogen-bond acceptors (Lipinski definition) is 3. The van der Waals surface area contributed by atoms with Gasteiger partial charge < -0.3 is 11.1 Å². The Morgan fingerprint density at radius 2 is 2.18 bits per heavy atom. The molecule has 0 amide bonds. The second-order valence-corrected chi connectivity index (χ2v) is 5.76. The maximum absolute atomic E-state index is 12.9. The minimum absolute atomic E-state index is 0.0668. The lowest BCUT2D eigenvalue weighted by Crippen LogP contribution is -2.50. The summed E-state index contributed by atoms with van der Waals surface area (Å²) in [5.74, 6) is 0. The highest BCUT2D eigenvalue weighted by molar-refractivity contribution is 5.28. The molecule has 3 nitrogen and oxygen atoms in total. The Morgan fingerprint density at radius 1 is 1.41 bits per heavy atom. The first-order valence-electron chi connectivity index (χ1n) is 7.80. The molecule has 1 aromatic rings. The number of nitrogens with zero attached hydrogens (tertiary/aromatic N) is 1. The Morgan fingerprint density at radius 3 is 2.82 bits per heavy atom. The van der Waals surface area contributed by atoms with E-state index in [4.69, 9.17) is 5.73 Å². The predicted molar refractivity (Wildman–Crippen MR) is 81.5 cm³/mol. The van der Waals surface area contributed by atoms with Crippen molar-refractivity contribution in [1.29, 1.82) is 0 Å². The van der Waals surface area contributed by atoms with Crippen LogP contribution in [0.5, 0.6) is 0 Å². The van der Waals surface area contributed by atoms with Gasteiger partial charge in [-0.3, -0.25) is 4.90 Å². The minimum atomic E-state index is -4.30. The predicted octanol–water partition coefficient (Wildman–Crippen LogP) is 2.78.